The first-order valence-corrected chi connectivity index (χ1v) is 9.79. The number of carbonyl (C=O) groups excluding carboxylic acids is 3. The number of carbonyl (C=O) groups is 3. The van der Waals surface area contributed by atoms with Crippen LogP contribution in [-0.2, 0) is 25.6 Å². The number of nitrogens with two attached hydrogens (primary N) is 3. The minimum atomic E-state index is -0.949. The van der Waals surface area contributed by atoms with Crippen molar-refractivity contribution < 1.29 is 24.1 Å². The van der Waals surface area contributed by atoms with Gasteiger partial charge in [0, 0.05) is 38.3 Å². The Hall–Kier alpha value is -2.51. The van der Waals surface area contributed by atoms with Crippen molar-refractivity contribution >= 4 is 36.0 Å². The number of nitrogens with zero attached hydrogens (tertiary/aromatic N) is 1. The van der Waals surface area contributed by atoms with Gasteiger partial charge in [0.25, 0.3) is 0 Å². The minimum absolute atomic E-state index is 0.0871. The standard InChI is InChI=1S/C18H29BN6O5/c20-5-7-25(8-6-21)17(27)4-3-15(22)18(28)23-10-16(26)24-13-1-2-14-12(9-13)11-30-19(14)29/h1-2,9,15,29H,3-8,10-11,20-22H2,(H,23,28)(H,24,26). The third-order valence-electron chi connectivity index (χ3n) is 4.67. The van der Waals surface area contributed by atoms with Gasteiger partial charge in [-0.3, -0.25) is 14.4 Å². The van der Waals surface area contributed by atoms with Crippen LogP contribution in [0.5, 0.6) is 0 Å². The highest BCUT2D eigenvalue weighted by Gasteiger charge is 2.27. The first-order valence-electron chi connectivity index (χ1n) is 9.79. The number of fused-ring (bicyclic) bond motifs is 1. The normalized spacial score (nSPS) is 13.5. The van der Waals surface area contributed by atoms with Gasteiger partial charge >= 0.3 is 7.12 Å². The molecule has 1 aliphatic rings. The van der Waals surface area contributed by atoms with E-state index in [1.165, 1.54) is 0 Å². The molecular formula is C18H29BN6O5. The minimum Gasteiger partial charge on any atom is -0.423 e. The molecule has 12 heteroatoms. The fourth-order valence-corrected chi connectivity index (χ4v) is 3.05. The van der Waals surface area contributed by atoms with Gasteiger partial charge in [0.2, 0.25) is 17.7 Å². The second kappa shape index (κ2) is 11.6. The molecule has 0 aromatic heterocycles. The molecule has 1 atom stereocenters. The first kappa shape index (κ1) is 23.8. The van der Waals surface area contributed by atoms with Gasteiger partial charge in [0.15, 0.2) is 0 Å². The summed E-state index contributed by atoms with van der Waals surface area (Å²) in [5, 5.41) is 14.7. The molecule has 0 bridgehead atoms. The van der Waals surface area contributed by atoms with Gasteiger partial charge in [-0.25, -0.2) is 0 Å². The van der Waals surface area contributed by atoms with E-state index in [4.69, 9.17) is 21.9 Å². The smallest absolute Gasteiger partial charge is 0.423 e. The summed E-state index contributed by atoms with van der Waals surface area (Å²) in [4.78, 5) is 37.9. The van der Waals surface area contributed by atoms with Crippen LogP contribution in [0.15, 0.2) is 18.2 Å². The van der Waals surface area contributed by atoms with Crippen LogP contribution in [0.3, 0.4) is 0 Å². The molecule has 164 valence electrons. The van der Waals surface area contributed by atoms with E-state index in [0.29, 0.717) is 37.3 Å². The Morgan fingerprint density at radius 2 is 1.93 bits per heavy atom. The quantitative estimate of drug-likeness (QED) is 0.202. The predicted molar refractivity (Wildman–Crippen MR) is 112 cm³/mol. The lowest BCUT2D eigenvalue weighted by Crippen LogP contribution is -2.45. The van der Waals surface area contributed by atoms with Crippen LogP contribution in [0, 0.1) is 0 Å². The highest BCUT2D eigenvalue weighted by Crippen LogP contribution is 2.15. The van der Waals surface area contributed by atoms with Crippen molar-refractivity contribution in [3.05, 3.63) is 23.8 Å². The third kappa shape index (κ3) is 6.78. The molecule has 0 spiro atoms. The van der Waals surface area contributed by atoms with E-state index in [0.717, 1.165) is 5.56 Å². The number of rotatable bonds is 11. The molecule has 3 amide bonds. The average Bonchev–Trinajstić information content (AvgIpc) is 3.09. The summed E-state index contributed by atoms with van der Waals surface area (Å²) in [6, 6.07) is 4.10. The summed E-state index contributed by atoms with van der Waals surface area (Å²) >= 11 is 0. The molecule has 1 unspecified atom stereocenters. The van der Waals surface area contributed by atoms with Crippen LogP contribution >= 0.6 is 0 Å². The molecule has 0 saturated carbocycles. The van der Waals surface area contributed by atoms with E-state index in [2.05, 4.69) is 10.6 Å². The van der Waals surface area contributed by atoms with Crippen molar-refractivity contribution in [1.82, 2.24) is 10.2 Å². The average molecular weight is 420 g/mol. The van der Waals surface area contributed by atoms with Crippen molar-refractivity contribution in [1.29, 1.82) is 0 Å². The van der Waals surface area contributed by atoms with E-state index in [1.807, 2.05) is 0 Å². The molecule has 9 N–H and O–H groups in total. The van der Waals surface area contributed by atoms with Crippen molar-refractivity contribution in [2.75, 3.05) is 38.0 Å². The molecular weight excluding hydrogens is 391 g/mol. The van der Waals surface area contributed by atoms with Gasteiger partial charge in [-0.1, -0.05) is 6.07 Å². The monoisotopic (exact) mass is 420 g/mol. The number of anilines is 1. The van der Waals surface area contributed by atoms with Crippen LogP contribution in [0.1, 0.15) is 18.4 Å². The Labute approximate surface area is 175 Å². The van der Waals surface area contributed by atoms with Gasteiger partial charge in [0.1, 0.15) is 0 Å². The van der Waals surface area contributed by atoms with Crippen molar-refractivity contribution in [2.45, 2.75) is 25.5 Å². The zero-order chi connectivity index (χ0) is 22.1. The molecule has 30 heavy (non-hydrogen) atoms. The maximum atomic E-state index is 12.2. The fraction of sp³-hybridized carbons (Fsp3) is 0.500. The summed E-state index contributed by atoms with van der Waals surface area (Å²) in [6.45, 7) is 1.44. The molecule has 1 heterocycles. The van der Waals surface area contributed by atoms with Gasteiger partial charge in [-0.05, 0) is 29.6 Å². The highest BCUT2D eigenvalue weighted by atomic mass is 16.5. The van der Waals surface area contributed by atoms with Gasteiger partial charge in [-0.2, -0.15) is 0 Å². The first-order chi connectivity index (χ1) is 14.3. The zero-order valence-electron chi connectivity index (χ0n) is 16.8. The lowest BCUT2D eigenvalue weighted by atomic mass is 9.79. The lowest BCUT2D eigenvalue weighted by Gasteiger charge is -2.22. The third-order valence-corrected chi connectivity index (χ3v) is 4.67. The highest BCUT2D eigenvalue weighted by molar-refractivity contribution is 6.61. The summed E-state index contributed by atoms with van der Waals surface area (Å²) in [6.07, 6.45) is 0.231. The molecule has 1 aromatic carbocycles. The molecule has 1 aromatic rings. The van der Waals surface area contributed by atoms with Crippen molar-refractivity contribution in [3.8, 4) is 0 Å². The van der Waals surface area contributed by atoms with Crippen LogP contribution in [-0.4, -0.2) is 73.5 Å². The second-order valence-electron chi connectivity index (χ2n) is 6.95. The van der Waals surface area contributed by atoms with E-state index in [1.54, 1.807) is 23.1 Å². The number of amides is 3. The maximum Gasteiger partial charge on any atom is 0.491 e. The molecule has 0 fully saturated rings. The van der Waals surface area contributed by atoms with Crippen LogP contribution in [0.25, 0.3) is 0 Å². The number of hydrogen-bond donors (Lipinski definition) is 6. The Morgan fingerprint density at radius 1 is 1.23 bits per heavy atom. The maximum absolute atomic E-state index is 12.2. The van der Waals surface area contributed by atoms with E-state index in [-0.39, 0.29) is 31.9 Å². The Morgan fingerprint density at radius 3 is 2.60 bits per heavy atom. The van der Waals surface area contributed by atoms with Gasteiger partial charge in [0.05, 0.1) is 19.2 Å². The summed E-state index contributed by atoms with van der Waals surface area (Å²) in [5.74, 6) is -1.12. The van der Waals surface area contributed by atoms with Gasteiger partial charge in [-0.15, -0.1) is 0 Å². The summed E-state index contributed by atoms with van der Waals surface area (Å²) in [7, 11) is -0.949. The van der Waals surface area contributed by atoms with Crippen LogP contribution < -0.4 is 33.3 Å². The molecule has 11 nitrogen and oxygen atoms in total. The Balaban J connectivity index is 1.74. The van der Waals surface area contributed by atoms with E-state index in [9.17, 15) is 19.4 Å². The van der Waals surface area contributed by atoms with Crippen LogP contribution in [0.2, 0.25) is 0 Å². The number of hydrogen-bond acceptors (Lipinski definition) is 8. The number of benzene rings is 1. The summed E-state index contributed by atoms with van der Waals surface area (Å²) in [5.41, 5.74) is 18.8. The van der Waals surface area contributed by atoms with Crippen LogP contribution in [0.4, 0.5) is 5.69 Å². The molecule has 0 saturated heterocycles. The zero-order valence-corrected chi connectivity index (χ0v) is 16.8. The molecule has 0 radical (unpaired) electrons. The molecule has 1 aliphatic heterocycles. The topological polar surface area (TPSA) is 186 Å². The van der Waals surface area contributed by atoms with E-state index < -0.39 is 25.0 Å². The fourth-order valence-electron chi connectivity index (χ4n) is 3.05. The Bertz CT molecular complexity index is 759. The molecule has 0 aliphatic carbocycles. The largest absolute Gasteiger partial charge is 0.491 e. The van der Waals surface area contributed by atoms with E-state index >= 15 is 0 Å². The van der Waals surface area contributed by atoms with Gasteiger partial charge < -0.3 is 42.4 Å². The second-order valence-corrected chi connectivity index (χ2v) is 6.95. The van der Waals surface area contributed by atoms with Crippen molar-refractivity contribution in [3.63, 3.8) is 0 Å². The predicted octanol–water partition coefficient (Wildman–Crippen LogP) is -3.19. The van der Waals surface area contributed by atoms with Crippen molar-refractivity contribution in [2.24, 2.45) is 17.2 Å². The summed E-state index contributed by atoms with van der Waals surface area (Å²) < 4.78 is 5.10. The SMILES string of the molecule is NCCN(CCN)C(=O)CCC(N)C(=O)NCC(=O)Nc1ccc2c(c1)COB2O. The Kier molecular flexibility index (Phi) is 9.21. The molecule has 2 rings (SSSR count). The number of nitrogens with one attached hydrogen (secondary N) is 2. The lowest BCUT2D eigenvalue weighted by molar-refractivity contribution is -0.131.